The topological polar surface area (TPSA) is 34.1 Å². The van der Waals surface area contributed by atoms with E-state index in [1.165, 1.54) is 11.3 Å². The van der Waals surface area contributed by atoms with Crippen LogP contribution in [-0.2, 0) is 24.3 Å². The molecule has 0 saturated carbocycles. The first-order valence-corrected chi connectivity index (χ1v) is 6.98. The molecule has 1 N–H and O–H groups in total. The number of rotatable bonds is 7. The smallest absolute Gasteiger partial charge is 0.365 e. The zero-order chi connectivity index (χ0) is 14.5. The molecule has 0 aromatic carbocycles. The molecule has 19 heavy (non-hydrogen) atoms. The van der Waals surface area contributed by atoms with Crippen molar-refractivity contribution < 1.29 is 17.9 Å². The van der Waals surface area contributed by atoms with Crippen molar-refractivity contribution in [2.45, 2.75) is 52.6 Å². The van der Waals surface area contributed by atoms with Crippen LogP contribution >= 0.6 is 11.3 Å². The molecule has 1 aromatic rings. The van der Waals surface area contributed by atoms with Crippen LogP contribution in [0.2, 0.25) is 0 Å². The van der Waals surface area contributed by atoms with E-state index in [0.29, 0.717) is 17.6 Å². The summed E-state index contributed by atoms with van der Waals surface area (Å²) in [7, 11) is 0. The lowest BCUT2D eigenvalue weighted by molar-refractivity contribution is -0.176. The maximum atomic E-state index is 12.0. The van der Waals surface area contributed by atoms with Gasteiger partial charge in [0, 0.05) is 17.5 Å². The lowest BCUT2D eigenvalue weighted by atomic mass is 10.3. The Balaban J connectivity index is 2.55. The Morgan fingerprint density at radius 2 is 2.05 bits per heavy atom. The molecule has 3 nitrogen and oxygen atoms in total. The Bertz CT molecular complexity index is 391. The average Bonchev–Trinajstić information content (AvgIpc) is 2.67. The Kier molecular flexibility index (Phi) is 6.22. The Morgan fingerprint density at radius 3 is 2.58 bits per heavy atom. The highest BCUT2D eigenvalue weighted by Crippen LogP contribution is 2.21. The van der Waals surface area contributed by atoms with Crippen LogP contribution in [0.15, 0.2) is 0 Å². The van der Waals surface area contributed by atoms with Crippen LogP contribution in [0.1, 0.15) is 36.3 Å². The predicted octanol–water partition coefficient (Wildman–Crippen LogP) is 3.28. The van der Waals surface area contributed by atoms with Gasteiger partial charge in [-0.3, -0.25) is 0 Å². The van der Waals surface area contributed by atoms with Crippen LogP contribution in [0.4, 0.5) is 13.2 Å². The standard InChI is InChI=1S/C12H19F3N2OS/c1-4-9-10(5-16-8(2)3)19-11(17-9)6-18-7-12(13,14)15/h8,16H,4-7H2,1-3H3. The highest BCUT2D eigenvalue weighted by atomic mass is 32.1. The van der Waals surface area contributed by atoms with E-state index in [1.54, 1.807) is 0 Å². The fraction of sp³-hybridized carbons (Fsp3) is 0.750. The number of aryl methyl sites for hydroxylation is 1. The molecule has 0 unspecified atom stereocenters. The molecule has 0 radical (unpaired) electrons. The highest BCUT2D eigenvalue weighted by Gasteiger charge is 2.27. The molecule has 0 bridgehead atoms. The number of halogens is 3. The van der Waals surface area contributed by atoms with Crippen molar-refractivity contribution in [1.82, 2.24) is 10.3 Å². The van der Waals surface area contributed by atoms with Gasteiger partial charge in [0.1, 0.15) is 11.6 Å². The van der Waals surface area contributed by atoms with Gasteiger partial charge < -0.3 is 10.1 Å². The molecule has 0 spiro atoms. The lowest BCUT2D eigenvalue weighted by Crippen LogP contribution is -2.21. The monoisotopic (exact) mass is 296 g/mol. The largest absolute Gasteiger partial charge is 0.411 e. The quantitative estimate of drug-likeness (QED) is 0.838. The molecule has 0 aliphatic rings. The summed E-state index contributed by atoms with van der Waals surface area (Å²) in [6, 6.07) is 0.358. The second-order valence-corrected chi connectivity index (χ2v) is 5.64. The van der Waals surface area contributed by atoms with E-state index in [4.69, 9.17) is 0 Å². The molecule has 110 valence electrons. The third-order valence-corrected chi connectivity index (χ3v) is 3.39. The van der Waals surface area contributed by atoms with E-state index in [0.717, 1.165) is 17.0 Å². The molecule has 0 aliphatic carbocycles. The SMILES string of the molecule is CCc1nc(COCC(F)(F)F)sc1CNC(C)C. The lowest BCUT2D eigenvalue weighted by Gasteiger charge is -2.06. The van der Waals surface area contributed by atoms with E-state index in [1.807, 2.05) is 20.8 Å². The zero-order valence-corrected chi connectivity index (χ0v) is 12.1. The van der Waals surface area contributed by atoms with Gasteiger partial charge in [0.2, 0.25) is 0 Å². The van der Waals surface area contributed by atoms with E-state index in [9.17, 15) is 13.2 Å². The van der Waals surface area contributed by atoms with Gasteiger partial charge in [0.25, 0.3) is 0 Å². The van der Waals surface area contributed by atoms with Crippen molar-refractivity contribution in [3.63, 3.8) is 0 Å². The van der Waals surface area contributed by atoms with Crippen molar-refractivity contribution in [2.24, 2.45) is 0 Å². The first-order chi connectivity index (χ1) is 8.81. The van der Waals surface area contributed by atoms with Gasteiger partial charge >= 0.3 is 6.18 Å². The second-order valence-electron chi connectivity index (χ2n) is 4.47. The number of aromatic nitrogens is 1. The fourth-order valence-electron chi connectivity index (χ4n) is 1.46. The summed E-state index contributed by atoms with van der Waals surface area (Å²) in [5.74, 6) is 0. The molecular formula is C12H19F3N2OS. The minimum atomic E-state index is -4.28. The van der Waals surface area contributed by atoms with Crippen molar-refractivity contribution in [3.8, 4) is 0 Å². The number of hydrogen-bond donors (Lipinski definition) is 1. The maximum absolute atomic E-state index is 12.0. The van der Waals surface area contributed by atoms with Crippen molar-refractivity contribution in [2.75, 3.05) is 6.61 Å². The molecule has 1 rings (SSSR count). The van der Waals surface area contributed by atoms with Gasteiger partial charge in [-0.2, -0.15) is 13.2 Å². The first-order valence-electron chi connectivity index (χ1n) is 6.17. The summed E-state index contributed by atoms with van der Waals surface area (Å²) in [4.78, 5) is 5.38. The van der Waals surface area contributed by atoms with Crippen LogP contribution in [0.5, 0.6) is 0 Å². The summed E-state index contributed by atoms with van der Waals surface area (Å²) in [5.41, 5.74) is 0.934. The van der Waals surface area contributed by atoms with E-state index >= 15 is 0 Å². The van der Waals surface area contributed by atoms with Crippen molar-refractivity contribution >= 4 is 11.3 Å². The molecular weight excluding hydrogens is 277 g/mol. The summed E-state index contributed by atoms with van der Waals surface area (Å²) in [6.07, 6.45) is -3.52. The van der Waals surface area contributed by atoms with Crippen LogP contribution < -0.4 is 5.32 Å². The third kappa shape index (κ3) is 6.35. The Morgan fingerprint density at radius 1 is 1.37 bits per heavy atom. The molecule has 0 aliphatic heterocycles. The molecule has 0 fully saturated rings. The summed E-state index contributed by atoms with van der Waals surface area (Å²) < 4.78 is 40.5. The molecule has 0 amide bonds. The normalized spacial score (nSPS) is 12.4. The molecule has 0 saturated heterocycles. The summed E-state index contributed by atoms with van der Waals surface area (Å²) in [6.45, 7) is 5.44. The maximum Gasteiger partial charge on any atom is 0.411 e. The van der Waals surface area contributed by atoms with Gasteiger partial charge in [0.15, 0.2) is 0 Å². The van der Waals surface area contributed by atoms with Gasteiger partial charge in [-0.1, -0.05) is 20.8 Å². The van der Waals surface area contributed by atoms with Crippen molar-refractivity contribution in [3.05, 3.63) is 15.6 Å². The third-order valence-electron chi connectivity index (χ3n) is 2.32. The van der Waals surface area contributed by atoms with E-state index in [2.05, 4.69) is 15.0 Å². The summed E-state index contributed by atoms with van der Waals surface area (Å²) in [5, 5.41) is 3.88. The van der Waals surface area contributed by atoms with Crippen LogP contribution in [0.3, 0.4) is 0 Å². The number of hydrogen-bond acceptors (Lipinski definition) is 4. The van der Waals surface area contributed by atoms with Gasteiger partial charge in [-0.15, -0.1) is 11.3 Å². The van der Waals surface area contributed by atoms with Gasteiger partial charge in [-0.25, -0.2) is 4.98 Å². The van der Waals surface area contributed by atoms with E-state index < -0.39 is 12.8 Å². The highest BCUT2D eigenvalue weighted by molar-refractivity contribution is 7.11. The number of nitrogens with zero attached hydrogens (tertiary/aromatic N) is 1. The number of alkyl halides is 3. The zero-order valence-electron chi connectivity index (χ0n) is 11.3. The fourth-order valence-corrected chi connectivity index (χ4v) is 2.51. The predicted molar refractivity (Wildman–Crippen MR) is 69.2 cm³/mol. The van der Waals surface area contributed by atoms with Gasteiger partial charge in [0.05, 0.1) is 12.3 Å². The molecule has 0 atom stereocenters. The van der Waals surface area contributed by atoms with Gasteiger partial charge in [-0.05, 0) is 6.42 Å². The number of nitrogens with one attached hydrogen (secondary N) is 1. The minimum Gasteiger partial charge on any atom is -0.365 e. The van der Waals surface area contributed by atoms with Crippen LogP contribution in [0, 0.1) is 0 Å². The van der Waals surface area contributed by atoms with Crippen LogP contribution in [-0.4, -0.2) is 23.8 Å². The minimum absolute atomic E-state index is 0.0845. The Hall–Kier alpha value is -0.660. The molecule has 1 heterocycles. The molecule has 1 aromatic heterocycles. The van der Waals surface area contributed by atoms with E-state index in [-0.39, 0.29) is 6.61 Å². The average molecular weight is 296 g/mol. The number of thiazole rings is 1. The summed E-state index contributed by atoms with van der Waals surface area (Å²) >= 11 is 1.41. The van der Waals surface area contributed by atoms with Crippen molar-refractivity contribution in [1.29, 1.82) is 0 Å². The molecule has 7 heteroatoms. The van der Waals surface area contributed by atoms with Crippen LogP contribution in [0.25, 0.3) is 0 Å². The first kappa shape index (κ1) is 16.4. The second kappa shape index (κ2) is 7.21. The number of ether oxygens (including phenoxy) is 1. The Labute approximate surface area is 115 Å².